The van der Waals surface area contributed by atoms with E-state index in [-0.39, 0.29) is 6.03 Å². The molecule has 0 aromatic rings. The Kier molecular flexibility index (Phi) is 3.14. The van der Waals surface area contributed by atoms with Gasteiger partial charge in [-0.25, -0.2) is 4.79 Å². The van der Waals surface area contributed by atoms with Crippen molar-refractivity contribution in [3.05, 3.63) is 0 Å². The van der Waals surface area contributed by atoms with Crippen molar-refractivity contribution in [2.45, 2.75) is 44.2 Å². The molecule has 86 valence electrons. The van der Waals surface area contributed by atoms with E-state index < -0.39 is 0 Å². The van der Waals surface area contributed by atoms with Crippen LogP contribution in [0.15, 0.2) is 0 Å². The lowest BCUT2D eigenvalue weighted by Crippen LogP contribution is -2.45. The van der Waals surface area contributed by atoms with Crippen molar-refractivity contribution < 1.29 is 4.79 Å². The average Bonchev–Trinajstić information content (AvgIpc) is 2.98. The summed E-state index contributed by atoms with van der Waals surface area (Å²) in [5.74, 6) is 0. The van der Waals surface area contributed by atoms with Crippen LogP contribution in [0.3, 0.4) is 0 Å². The van der Waals surface area contributed by atoms with E-state index in [0.717, 1.165) is 25.8 Å². The smallest absolute Gasteiger partial charge is 0.320 e. The molecule has 1 aliphatic carbocycles. The highest BCUT2D eigenvalue weighted by molar-refractivity contribution is 5.75. The SMILES string of the molecule is CN(C(=O)N1CCCC1CCN)C1CC1. The van der Waals surface area contributed by atoms with E-state index in [9.17, 15) is 4.79 Å². The van der Waals surface area contributed by atoms with Gasteiger partial charge in [0.25, 0.3) is 0 Å². The Hall–Kier alpha value is -0.770. The molecule has 1 saturated heterocycles. The standard InChI is InChI=1S/C11H21N3O/c1-13(9-4-5-9)11(15)14-8-2-3-10(14)6-7-12/h9-10H,2-8,12H2,1H3. The third-order valence-corrected chi connectivity index (χ3v) is 3.52. The van der Waals surface area contributed by atoms with Crippen molar-refractivity contribution in [1.82, 2.24) is 9.80 Å². The van der Waals surface area contributed by atoms with E-state index >= 15 is 0 Å². The Morgan fingerprint density at radius 1 is 1.47 bits per heavy atom. The molecular weight excluding hydrogens is 190 g/mol. The summed E-state index contributed by atoms with van der Waals surface area (Å²) in [6.07, 6.45) is 5.57. The molecule has 2 amide bonds. The predicted octanol–water partition coefficient (Wildman–Crippen LogP) is 1.01. The lowest BCUT2D eigenvalue weighted by atomic mass is 10.1. The Morgan fingerprint density at radius 2 is 2.20 bits per heavy atom. The molecule has 0 spiro atoms. The van der Waals surface area contributed by atoms with Gasteiger partial charge in [-0.05, 0) is 38.6 Å². The first-order valence-corrected chi connectivity index (χ1v) is 5.97. The van der Waals surface area contributed by atoms with E-state index in [1.807, 2.05) is 16.8 Å². The molecule has 1 unspecified atom stereocenters. The zero-order valence-electron chi connectivity index (χ0n) is 9.48. The fraction of sp³-hybridized carbons (Fsp3) is 0.909. The average molecular weight is 211 g/mol. The van der Waals surface area contributed by atoms with Crippen molar-refractivity contribution >= 4 is 6.03 Å². The van der Waals surface area contributed by atoms with Crippen LogP contribution in [0.2, 0.25) is 0 Å². The third-order valence-electron chi connectivity index (χ3n) is 3.52. The van der Waals surface area contributed by atoms with Gasteiger partial charge in [-0.2, -0.15) is 0 Å². The molecule has 1 aliphatic heterocycles. The lowest BCUT2D eigenvalue weighted by molar-refractivity contribution is 0.154. The Morgan fingerprint density at radius 3 is 2.80 bits per heavy atom. The first-order chi connectivity index (χ1) is 7.24. The second kappa shape index (κ2) is 4.39. The molecule has 1 heterocycles. The normalized spacial score (nSPS) is 25.7. The highest BCUT2D eigenvalue weighted by Gasteiger charge is 2.35. The fourth-order valence-corrected chi connectivity index (χ4v) is 2.40. The summed E-state index contributed by atoms with van der Waals surface area (Å²) >= 11 is 0. The summed E-state index contributed by atoms with van der Waals surface area (Å²) in [5.41, 5.74) is 5.57. The van der Waals surface area contributed by atoms with Gasteiger partial charge in [0.15, 0.2) is 0 Å². The van der Waals surface area contributed by atoms with E-state index in [4.69, 9.17) is 5.73 Å². The molecule has 1 atom stereocenters. The van der Waals surface area contributed by atoms with Crippen LogP contribution in [0.1, 0.15) is 32.1 Å². The van der Waals surface area contributed by atoms with Crippen molar-refractivity contribution in [1.29, 1.82) is 0 Å². The number of hydrogen-bond donors (Lipinski definition) is 1. The molecule has 4 nitrogen and oxygen atoms in total. The van der Waals surface area contributed by atoms with Gasteiger partial charge in [-0.1, -0.05) is 0 Å². The molecule has 2 rings (SSSR count). The minimum Gasteiger partial charge on any atom is -0.330 e. The second-order valence-corrected chi connectivity index (χ2v) is 4.69. The summed E-state index contributed by atoms with van der Waals surface area (Å²) in [5, 5.41) is 0. The number of rotatable bonds is 3. The molecule has 0 radical (unpaired) electrons. The maximum Gasteiger partial charge on any atom is 0.320 e. The highest BCUT2D eigenvalue weighted by Crippen LogP contribution is 2.28. The summed E-state index contributed by atoms with van der Waals surface area (Å²) in [4.78, 5) is 16.1. The Labute approximate surface area is 91.4 Å². The minimum absolute atomic E-state index is 0.216. The van der Waals surface area contributed by atoms with Gasteiger partial charge in [0.05, 0.1) is 0 Å². The largest absolute Gasteiger partial charge is 0.330 e. The number of carbonyl (C=O) groups excluding carboxylic acids is 1. The molecule has 4 heteroatoms. The highest BCUT2D eigenvalue weighted by atomic mass is 16.2. The van der Waals surface area contributed by atoms with Gasteiger partial charge in [0.1, 0.15) is 0 Å². The molecule has 2 fully saturated rings. The van der Waals surface area contributed by atoms with Gasteiger partial charge < -0.3 is 15.5 Å². The zero-order chi connectivity index (χ0) is 10.8. The first-order valence-electron chi connectivity index (χ1n) is 5.97. The number of hydrogen-bond acceptors (Lipinski definition) is 2. The molecule has 2 N–H and O–H groups in total. The van der Waals surface area contributed by atoms with Crippen LogP contribution in [-0.4, -0.2) is 48.1 Å². The van der Waals surface area contributed by atoms with Crippen LogP contribution < -0.4 is 5.73 Å². The third kappa shape index (κ3) is 2.25. The minimum atomic E-state index is 0.216. The van der Waals surface area contributed by atoms with Crippen LogP contribution in [0, 0.1) is 0 Å². The molecule has 2 aliphatic rings. The zero-order valence-corrected chi connectivity index (χ0v) is 9.48. The monoisotopic (exact) mass is 211 g/mol. The van der Waals surface area contributed by atoms with E-state index in [2.05, 4.69) is 0 Å². The van der Waals surface area contributed by atoms with Gasteiger partial charge in [-0.15, -0.1) is 0 Å². The van der Waals surface area contributed by atoms with Crippen molar-refractivity contribution in [3.63, 3.8) is 0 Å². The second-order valence-electron chi connectivity index (χ2n) is 4.69. The maximum atomic E-state index is 12.1. The van der Waals surface area contributed by atoms with E-state index in [1.165, 1.54) is 12.8 Å². The molecule has 1 saturated carbocycles. The molecular formula is C11H21N3O. The maximum absolute atomic E-state index is 12.1. The Balaban J connectivity index is 1.92. The topological polar surface area (TPSA) is 49.6 Å². The van der Waals surface area contributed by atoms with Gasteiger partial charge in [0.2, 0.25) is 0 Å². The van der Waals surface area contributed by atoms with Crippen LogP contribution in [0.4, 0.5) is 4.79 Å². The van der Waals surface area contributed by atoms with E-state index in [0.29, 0.717) is 18.6 Å². The quantitative estimate of drug-likeness (QED) is 0.757. The van der Waals surface area contributed by atoms with Crippen molar-refractivity contribution in [2.75, 3.05) is 20.1 Å². The Bertz CT molecular complexity index is 240. The first kappa shape index (κ1) is 10.7. The van der Waals surface area contributed by atoms with Crippen LogP contribution in [0.5, 0.6) is 0 Å². The number of carbonyl (C=O) groups is 1. The predicted molar refractivity (Wildman–Crippen MR) is 59.6 cm³/mol. The van der Waals surface area contributed by atoms with Crippen LogP contribution in [0.25, 0.3) is 0 Å². The summed E-state index contributed by atoms with van der Waals surface area (Å²) < 4.78 is 0. The van der Waals surface area contributed by atoms with Crippen LogP contribution >= 0.6 is 0 Å². The summed E-state index contributed by atoms with van der Waals surface area (Å²) in [7, 11) is 1.93. The summed E-state index contributed by atoms with van der Waals surface area (Å²) in [6.45, 7) is 1.60. The number of urea groups is 1. The lowest BCUT2D eigenvalue weighted by Gasteiger charge is -2.29. The molecule has 0 aromatic heterocycles. The molecule has 15 heavy (non-hydrogen) atoms. The number of likely N-dealkylation sites (tertiary alicyclic amines) is 1. The number of amides is 2. The van der Waals surface area contributed by atoms with Crippen molar-refractivity contribution in [2.24, 2.45) is 5.73 Å². The summed E-state index contributed by atoms with van der Waals surface area (Å²) in [6, 6.07) is 1.12. The molecule has 0 aromatic carbocycles. The van der Waals surface area contributed by atoms with Crippen LogP contribution in [-0.2, 0) is 0 Å². The number of nitrogens with zero attached hydrogens (tertiary/aromatic N) is 2. The van der Waals surface area contributed by atoms with Gasteiger partial charge in [-0.3, -0.25) is 0 Å². The van der Waals surface area contributed by atoms with Gasteiger partial charge >= 0.3 is 6.03 Å². The van der Waals surface area contributed by atoms with E-state index in [1.54, 1.807) is 0 Å². The van der Waals surface area contributed by atoms with Gasteiger partial charge in [0, 0.05) is 25.7 Å². The molecule has 0 bridgehead atoms. The van der Waals surface area contributed by atoms with Crippen molar-refractivity contribution in [3.8, 4) is 0 Å². The number of nitrogens with two attached hydrogens (primary N) is 1. The fourth-order valence-electron chi connectivity index (χ4n) is 2.40.